The number of nitrogens with zero attached hydrogens (tertiary/aromatic N) is 2. The fraction of sp³-hybridized carbons (Fsp3) is 0.231. The molecule has 0 amide bonds. The van der Waals surface area contributed by atoms with E-state index in [2.05, 4.69) is 4.98 Å². The predicted molar refractivity (Wildman–Crippen MR) is 64.7 cm³/mol. The van der Waals surface area contributed by atoms with Crippen molar-refractivity contribution in [2.24, 2.45) is 0 Å². The fourth-order valence-corrected chi connectivity index (χ4v) is 2.71. The zero-order valence-electron chi connectivity index (χ0n) is 9.91. The third kappa shape index (κ3) is 1.76. The number of aromatic nitrogens is 1. The number of furan rings is 1. The van der Waals surface area contributed by atoms with Gasteiger partial charge in [0.1, 0.15) is 5.76 Å². The zero-order valence-corrected chi connectivity index (χ0v) is 10.7. The first-order valence-corrected chi connectivity index (χ1v) is 6.12. The van der Waals surface area contributed by atoms with Crippen molar-refractivity contribution in [3.8, 4) is 17.3 Å². The van der Waals surface area contributed by atoms with Crippen molar-refractivity contribution in [1.29, 1.82) is 5.26 Å². The molecule has 1 aliphatic carbocycles. The maximum atomic E-state index is 13.3. The number of fused-ring (bicyclic) bond motifs is 3. The van der Waals surface area contributed by atoms with E-state index in [0.29, 0.717) is 17.7 Å². The number of rotatable bonds is 0. The summed E-state index contributed by atoms with van der Waals surface area (Å²) in [7, 11) is 0. The van der Waals surface area contributed by atoms with Gasteiger partial charge in [-0.25, -0.2) is 0 Å². The van der Waals surface area contributed by atoms with Gasteiger partial charge in [0.15, 0.2) is 0 Å². The van der Waals surface area contributed by atoms with Crippen LogP contribution in [-0.2, 0) is 31.6 Å². The van der Waals surface area contributed by atoms with Crippen LogP contribution in [0.3, 0.4) is 0 Å². The predicted octanol–water partition coefficient (Wildman–Crippen LogP) is 3.24. The largest absolute Gasteiger partial charge is 0.759 e. The summed E-state index contributed by atoms with van der Waals surface area (Å²) < 4.78 is 45.0. The molecule has 0 spiro atoms. The SMILES string of the molecule is N#Cc1c([S-])nc2c(c1C(F)(F)F)CCc1occc1-2. The molecule has 0 bridgehead atoms. The van der Waals surface area contributed by atoms with E-state index < -0.39 is 17.3 Å². The Morgan fingerprint density at radius 1 is 1.35 bits per heavy atom. The lowest BCUT2D eigenvalue weighted by molar-refractivity contribution is -0.138. The lowest BCUT2D eigenvalue weighted by Gasteiger charge is -2.24. The van der Waals surface area contributed by atoms with Crippen LogP contribution >= 0.6 is 0 Å². The first-order chi connectivity index (χ1) is 9.43. The average Bonchev–Trinajstić information content (AvgIpc) is 2.84. The number of aryl methyl sites for hydroxylation is 1. The molecular formula is C13H6F3N2OS-. The van der Waals surface area contributed by atoms with E-state index >= 15 is 0 Å². The Bertz CT molecular complexity index is 743. The minimum Gasteiger partial charge on any atom is -0.759 e. The van der Waals surface area contributed by atoms with E-state index in [9.17, 15) is 13.2 Å². The molecule has 0 saturated heterocycles. The molecule has 102 valence electrons. The van der Waals surface area contributed by atoms with E-state index in [0.717, 1.165) is 0 Å². The van der Waals surface area contributed by atoms with Crippen LogP contribution in [0.4, 0.5) is 13.2 Å². The molecule has 2 aromatic heterocycles. The Morgan fingerprint density at radius 2 is 2.10 bits per heavy atom. The first kappa shape index (κ1) is 12.9. The Kier molecular flexibility index (Phi) is 2.73. The van der Waals surface area contributed by atoms with Crippen molar-refractivity contribution in [2.45, 2.75) is 24.0 Å². The normalized spacial score (nSPS) is 13.5. The van der Waals surface area contributed by atoms with Crippen LogP contribution < -0.4 is 0 Å². The van der Waals surface area contributed by atoms with Gasteiger partial charge in [-0.2, -0.15) is 18.4 Å². The van der Waals surface area contributed by atoms with E-state index in [4.69, 9.17) is 22.3 Å². The number of nitriles is 1. The number of hydrogen-bond acceptors (Lipinski definition) is 4. The van der Waals surface area contributed by atoms with Crippen molar-refractivity contribution in [3.05, 3.63) is 34.8 Å². The lowest BCUT2D eigenvalue weighted by atomic mass is 9.89. The Balaban J connectivity index is 2.39. The van der Waals surface area contributed by atoms with E-state index in [-0.39, 0.29) is 22.7 Å². The van der Waals surface area contributed by atoms with Crippen molar-refractivity contribution in [1.82, 2.24) is 4.98 Å². The summed E-state index contributed by atoms with van der Waals surface area (Å²) in [6.45, 7) is 0. The average molecular weight is 295 g/mol. The molecule has 3 nitrogen and oxygen atoms in total. The monoisotopic (exact) mass is 295 g/mol. The van der Waals surface area contributed by atoms with E-state index in [1.807, 2.05) is 0 Å². The van der Waals surface area contributed by atoms with Crippen LogP contribution in [-0.4, -0.2) is 4.98 Å². The lowest BCUT2D eigenvalue weighted by Crippen LogP contribution is -2.18. The van der Waals surface area contributed by atoms with Crippen molar-refractivity contribution in [3.63, 3.8) is 0 Å². The molecule has 0 N–H and O–H groups in total. The number of halogens is 3. The van der Waals surface area contributed by atoms with Crippen molar-refractivity contribution in [2.75, 3.05) is 0 Å². The smallest absolute Gasteiger partial charge is 0.418 e. The highest BCUT2D eigenvalue weighted by Crippen LogP contribution is 2.42. The minimum atomic E-state index is -4.63. The molecule has 0 saturated carbocycles. The Labute approximate surface area is 117 Å². The maximum Gasteiger partial charge on any atom is 0.418 e. The molecule has 2 aromatic rings. The molecule has 0 aliphatic heterocycles. The molecule has 0 unspecified atom stereocenters. The van der Waals surface area contributed by atoms with Crippen LogP contribution in [0.1, 0.15) is 22.5 Å². The maximum absolute atomic E-state index is 13.3. The molecule has 20 heavy (non-hydrogen) atoms. The Morgan fingerprint density at radius 3 is 2.75 bits per heavy atom. The van der Waals surface area contributed by atoms with Crippen molar-refractivity contribution < 1.29 is 17.6 Å². The molecule has 0 aromatic carbocycles. The topological polar surface area (TPSA) is 49.8 Å². The van der Waals surface area contributed by atoms with Gasteiger partial charge in [0.25, 0.3) is 0 Å². The molecule has 0 fully saturated rings. The third-order valence-electron chi connectivity index (χ3n) is 3.26. The second-order valence-electron chi connectivity index (χ2n) is 4.36. The van der Waals surface area contributed by atoms with Crippen LogP contribution in [0, 0.1) is 11.3 Å². The molecule has 3 rings (SSSR count). The van der Waals surface area contributed by atoms with Gasteiger partial charge in [0, 0.05) is 12.0 Å². The quantitative estimate of drug-likeness (QED) is 0.700. The first-order valence-electron chi connectivity index (χ1n) is 5.71. The van der Waals surface area contributed by atoms with Crippen LogP contribution in [0.5, 0.6) is 0 Å². The number of alkyl halides is 3. The second-order valence-corrected chi connectivity index (χ2v) is 4.75. The molecule has 0 atom stereocenters. The van der Waals surface area contributed by atoms with Crippen LogP contribution in [0.25, 0.3) is 11.3 Å². The third-order valence-corrected chi connectivity index (χ3v) is 3.56. The van der Waals surface area contributed by atoms with Gasteiger partial charge in [-0.3, -0.25) is 4.98 Å². The van der Waals surface area contributed by atoms with Gasteiger partial charge >= 0.3 is 6.18 Å². The van der Waals surface area contributed by atoms with Gasteiger partial charge in [-0.15, -0.1) is 0 Å². The summed E-state index contributed by atoms with van der Waals surface area (Å²) >= 11 is 4.83. The summed E-state index contributed by atoms with van der Waals surface area (Å²) in [5, 5.41) is 8.62. The highest BCUT2D eigenvalue weighted by Gasteiger charge is 2.39. The molecular weight excluding hydrogens is 289 g/mol. The summed E-state index contributed by atoms with van der Waals surface area (Å²) in [5.74, 6) is 0.595. The van der Waals surface area contributed by atoms with Crippen LogP contribution in [0.15, 0.2) is 21.8 Å². The van der Waals surface area contributed by atoms with Crippen LogP contribution in [0.2, 0.25) is 0 Å². The van der Waals surface area contributed by atoms with Gasteiger partial charge in [-0.1, -0.05) is 5.03 Å². The molecule has 7 heteroatoms. The summed E-state index contributed by atoms with van der Waals surface area (Å²) in [6.07, 6.45) is -2.74. The minimum absolute atomic E-state index is 0.0246. The zero-order chi connectivity index (χ0) is 14.5. The fourth-order valence-electron chi connectivity index (χ4n) is 2.47. The molecule has 0 radical (unpaired) electrons. The van der Waals surface area contributed by atoms with E-state index in [1.165, 1.54) is 12.3 Å². The van der Waals surface area contributed by atoms with Gasteiger partial charge in [-0.05, 0) is 18.1 Å². The highest BCUT2D eigenvalue weighted by atomic mass is 32.1. The van der Waals surface area contributed by atoms with E-state index in [1.54, 1.807) is 6.07 Å². The summed E-state index contributed by atoms with van der Waals surface area (Å²) in [4.78, 5) is 4.00. The summed E-state index contributed by atoms with van der Waals surface area (Å²) in [6, 6.07) is 3.10. The number of pyridine rings is 1. The van der Waals surface area contributed by atoms with Gasteiger partial charge in [0.2, 0.25) is 0 Å². The Hall–Kier alpha value is -2.07. The molecule has 1 aliphatic rings. The standard InChI is InChI=1S/C13H7F3N2OS/c14-13(15,16)10-7-1-2-9-6(3-4-19-9)11(7)18-12(20)8(10)5-17/h3-4H,1-2H2,(H,18,20)/p-1. The van der Waals surface area contributed by atoms with Gasteiger partial charge in [0.05, 0.1) is 29.2 Å². The van der Waals surface area contributed by atoms with Crippen molar-refractivity contribution >= 4 is 12.6 Å². The number of hydrogen-bond donors (Lipinski definition) is 0. The van der Waals surface area contributed by atoms with Gasteiger partial charge < -0.3 is 17.0 Å². The second kappa shape index (κ2) is 4.21. The highest BCUT2D eigenvalue weighted by molar-refractivity contribution is 7.58. The molecule has 2 heterocycles. The summed E-state index contributed by atoms with van der Waals surface area (Å²) in [5.41, 5.74) is -0.805.